The van der Waals surface area contributed by atoms with E-state index in [1.807, 2.05) is 19.2 Å². The predicted octanol–water partition coefficient (Wildman–Crippen LogP) is 0.192. The molecule has 1 unspecified atom stereocenters. The zero-order valence-electron chi connectivity index (χ0n) is 13.7. The van der Waals surface area contributed by atoms with Crippen molar-refractivity contribution in [3.05, 3.63) is 68.0 Å². The van der Waals surface area contributed by atoms with Crippen molar-refractivity contribution in [3.8, 4) is 0 Å². The van der Waals surface area contributed by atoms with Gasteiger partial charge in [0.2, 0.25) is 0 Å². The van der Waals surface area contributed by atoms with Gasteiger partial charge in [-0.3, -0.25) is 19.5 Å². The van der Waals surface area contributed by atoms with Crippen LogP contribution in [0.5, 0.6) is 0 Å². The minimum absolute atomic E-state index is 0.0593. The molecule has 0 bridgehead atoms. The number of nitrogens with zero attached hydrogens (tertiary/aromatic N) is 2. The van der Waals surface area contributed by atoms with Gasteiger partial charge in [-0.2, -0.15) is 0 Å². The molecule has 0 saturated heterocycles. The molecule has 2 N–H and O–H groups in total. The summed E-state index contributed by atoms with van der Waals surface area (Å²) in [6, 6.07) is 8.47. The van der Waals surface area contributed by atoms with Crippen molar-refractivity contribution in [2.45, 2.75) is 19.0 Å². The zero-order valence-corrected chi connectivity index (χ0v) is 13.7. The van der Waals surface area contributed by atoms with Crippen LogP contribution in [-0.4, -0.2) is 52.4 Å². The molecule has 1 aliphatic heterocycles. The maximum Gasteiger partial charge on any atom is 0.325 e. The van der Waals surface area contributed by atoms with E-state index in [1.54, 1.807) is 7.05 Å². The van der Waals surface area contributed by atoms with Gasteiger partial charge < -0.3 is 9.88 Å². The second-order valence-corrected chi connectivity index (χ2v) is 6.21. The summed E-state index contributed by atoms with van der Waals surface area (Å²) in [4.78, 5) is 43.5. The van der Waals surface area contributed by atoms with E-state index in [4.69, 9.17) is 0 Å². The molecule has 7 nitrogen and oxygen atoms in total. The van der Waals surface area contributed by atoms with Gasteiger partial charge in [-0.25, -0.2) is 4.79 Å². The number of aromatic amines is 2. The fraction of sp³-hybridized carbons (Fsp3) is 0.353. The molecular weight excluding hydrogens is 308 g/mol. The third-order valence-corrected chi connectivity index (χ3v) is 4.50. The number of amides is 1. The standard InChI is InChI=1S/C17H20N4O3/c1-20-9-12-6-4-3-5-11(12)7-13(20)10-21(2)16(23)14-8-18-17(24)19-15(14)22/h3-6,8,13H,7,9-10H2,1-2H3,(H2,18,19,22,24). The third kappa shape index (κ3) is 3.16. The number of carbonyl (C=O) groups excluding carboxylic acids is 1. The Kier molecular flexibility index (Phi) is 4.35. The van der Waals surface area contributed by atoms with Gasteiger partial charge in [0.1, 0.15) is 5.56 Å². The fourth-order valence-electron chi connectivity index (χ4n) is 3.10. The first kappa shape index (κ1) is 16.2. The highest BCUT2D eigenvalue weighted by atomic mass is 16.2. The first-order valence-electron chi connectivity index (χ1n) is 7.80. The number of carbonyl (C=O) groups is 1. The van der Waals surface area contributed by atoms with E-state index in [-0.39, 0.29) is 11.6 Å². The number of hydrogen-bond acceptors (Lipinski definition) is 4. The lowest BCUT2D eigenvalue weighted by atomic mass is 9.94. The molecule has 126 valence electrons. The van der Waals surface area contributed by atoms with Crippen molar-refractivity contribution in [1.82, 2.24) is 19.8 Å². The number of H-pyrrole nitrogens is 2. The van der Waals surface area contributed by atoms with Crippen LogP contribution in [0.1, 0.15) is 21.5 Å². The van der Waals surface area contributed by atoms with Crippen molar-refractivity contribution >= 4 is 5.91 Å². The molecule has 3 rings (SSSR count). The summed E-state index contributed by atoms with van der Waals surface area (Å²) >= 11 is 0. The number of rotatable bonds is 3. The summed E-state index contributed by atoms with van der Waals surface area (Å²) in [6.45, 7) is 1.34. The lowest BCUT2D eigenvalue weighted by molar-refractivity contribution is 0.0731. The molecule has 1 atom stereocenters. The van der Waals surface area contributed by atoms with E-state index >= 15 is 0 Å². The Morgan fingerprint density at radius 2 is 2.00 bits per heavy atom. The molecule has 0 saturated carbocycles. The smallest absolute Gasteiger partial charge is 0.325 e. The van der Waals surface area contributed by atoms with E-state index in [2.05, 4.69) is 27.0 Å². The SMILES string of the molecule is CN(CC1Cc2ccccc2CN1C)C(=O)c1c[nH]c(=O)[nH]c1=O. The molecule has 0 radical (unpaired) electrons. The van der Waals surface area contributed by atoms with E-state index in [0.29, 0.717) is 6.54 Å². The van der Waals surface area contributed by atoms with Gasteiger partial charge in [-0.1, -0.05) is 24.3 Å². The van der Waals surface area contributed by atoms with Crippen LogP contribution in [0.25, 0.3) is 0 Å². The Hall–Kier alpha value is -2.67. The molecular formula is C17H20N4O3. The minimum atomic E-state index is -0.669. The van der Waals surface area contributed by atoms with Gasteiger partial charge in [0.25, 0.3) is 11.5 Å². The Balaban J connectivity index is 1.75. The van der Waals surface area contributed by atoms with Gasteiger partial charge in [-0.15, -0.1) is 0 Å². The first-order valence-corrected chi connectivity index (χ1v) is 7.80. The highest BCUT2D eigenvalue weighted by molar-refractivity contribution is 5.93. The monoisotopic (exact) mass is 328 g/mol. The van der Waals surface area contributed by atoms with Crippen molar-refractivity contribution < 1.29 is 4.79 Å². The van der Waals surface area contributed by atoms with Gasteiger partial charge in [0.15, 0.2) is 0 Å². The molecule has 2 aromatic rings. The van der Waals surface area contributed by atoms with Crippen molar-refractivity contribution in [2.24, 2.45) is 0 Å². The van der Waals surface area contributed by atoms with E-state index in [9.17, 15) is 14.4 Å². The molecule has 0 fully saturated rings. The number of aromatic nitrogens is 2. The topological polar surface area (TPSA) is 89.3 Å². The summed E-state index contributed by atoms with van der Waals surface area (Å²) in [7, 11) is 3.70. The van der Waals surface area contributed by atoms with Crippen LogP contribution in [0.15, 0.2) is 40.1 Å². The van der Waals surface area contributed by atoms with Crippen LogP contribution < -0.4 is 11.2 Å². The highest BCUT2D eigenvalue weighted by Crippen LogP contribution is 2.22. The van der Waals surface area contributed by atoms with Crippen LogP contribution in [0.3, 0.4) is 0 Å². The van der Waals surface area contributed by atoms with E-state index in [1.165, 1.54) is 22.2 Å². The molecule has 24 heavy (non-hydrogen) atoms. The Morgan fingerprint density at radius 3 is 2.71 bits per heavy atom. The Bertz CT molecular complexity index is 870. The minimum Gasteiger partial charge on any atom is -0.340 e. The molecule has 7 heteroatoms. The summed E-state index contributed by atoms with van der Waals surface area (Å²) in [5, 5.41) is 0. The van der Waals surface area contributed by atoms with Crippen molar-refractivity contribution in [1.29, 1.82) is 0 Å². The summed E-state index contributed by atoms with van der Waals surface area (Å²) in [5.41, 5.74) is 1.25. The van der Waals surface area contributed by atoms with E-state index in [0.717, 1.165) is 13.0 Å². The average molecular weight is 328 g/mol. The highest BCUT2D eigenvalue weighted by Gasteiger charge is 2.26. The van der Waals surface area contributed by atoms with Crippen LogP contribution in [0.2, 0.25) is 0 Å². The number of fused-ring (bicyclic) bond motifs is 1. The molecule has 1 aromatic heterocycles. The molecule has 0 spiro atoms. The predicted molar refractivity (Wildman–Crippen MR) is 90.0 cm³/mol. The maximum atomic E-state index is 12.5. The number of likely N-dealkylation sites (N-methyl/N-ethyl adjacent to an activating group) is 2. The molecule has 2 heterocycles. The van der Waals surface area contributed by atoms with Gasteiger partial charge >= 0.3 is 5.69 Å². The number of nitrogens with one attached hydrogen (secondary N) is 2. The zero-order chi connectivity index (χ0) is 17.3. The molecule has 1 aromatic carbocycles. The third-order valence-electron chi connectivity index (χ3n) is 4.50. The summed E-state index contributed by atoms with van der Waals surface area (Å²) in [6.07, 6.45) is 2.02. The second kappa shape index (κ2) is 6.45. The Morgan fingerprint density at radius 1 is 1.29 bits per heavy atom. The van der Waals surface area contributed by atoms with Crippen LogP contribution in [-0.2, 0) is 13.0 Å². The molecule has 1 aliphatic rings. The van der Waals surface area contributed by atoms with Crippen molar-refractivity contribution in [3.63, 3.8) is 0 Å². The summed E-state index contributed by atoms with van der Waals surface area (Å²) in [5.74, 6) is -0.403. The van der Waals surface area contributed by atoms with Crippen LogP contribution in [0, 0.1) is 0 Å². The van der Waals surface area contributed by atoms with Crippen LogP contribution in [0.4, 0.5) is 0 Å². The second-order valence-electron chi connectivity index (χ2n) is 6.21. The van der Waals surface area contributed by atoms with E-state index < -0.39 is 17.2 Å². The lowest BCUT2D eigenvalue weighted by Gasteiger charge is -2.36. The lowest BCUT2D eigenvalue weighted by Crippen LogP contribution is -2.47. The fourth-order valence-corrected chi connectivity index (χ4v) is 3.10. The Labute approximate surface area is 138 Å². The normalized spacial score (nSPS) is 17.3. The molecule has 1 amide bonds. The average Bonchev–Trinajstić information content (AvgIpc) is 2.55. The van der Waals surface area contributed by atoms with Gasteiger partial charge in [0.05, 0.1) is 0 Å². The molecule has 0 aliphatic carbocycles. The van der Waals surface area contributed by atoms with Gasteiger partial charge in [0, 0.05) is 32.4 Å². The number of hydrogen-bond donors (Lipinski definition) is 2. The maximum absolute atomic E-state index is 12.5. The largest absolute Gasteiger partial charge is 0.340 e. The quantitative estimate of drug-likeness (QED) is 0.842. The van der Waals surface area contributed by atoms with Gasteiger partial charge in [-0.05, 0) is 24.6 Å². The van der Waals surface area contributed by atoms with Crippen LogP contribution >= 0.6 is 0 Å². The summed E-state index contributed by atoms with van der Waals surface area (Å²) < 4.78 is 0. The number of benzene rings is 1. The van der Waals surface area contributed by atoms with Crippen molar-refractivity contribution in [2.75, 3.05) is 20.6 Å². The first-order chi connectivity index (χ1) is 11.5.